The highest BCUT2D eigenvalue weighted by Gasteiger charge is 2.26. The third kappa shape index (κ3) is 4.22. The predicted molar refractivity (Wildman–Crippen MR) is 78.9 cm³/mol. The van der Waals surface area contributed by atoms with E-state index in [2.05, 4.69) is 19.8 Å². The largest absolute Gasteiger partial charge is 0.464 e. The number of carbonyl (C=O) groups is 1. The normalized spacial score (nSPS) is 19.4. The van der Waals surface area contributed by atoms with E-state index in [1.54, 1.807) is 0 Å². The Hall–Kier alpha value is -1.03. The maximum absolute atomic E-state index is 12.2. The molecule has 1 aliphatic heterocycles. The topological polar surface area (TPSA) is 97.4 Å². The predicted octanol–water partition coefficient (Wildman–Crippen LogP) is 0.598. The number of piperidine rings is 1. The molecule has 0 spiro atoms. The van der Waals surface area contributed by atoms with Gasteiger partial charge in [0.1, 0.15) is 0 Å². The molecule has 1 aromatic heterocycles. The number of methoxy groups -OCH3 is 1. The van der Waals surface area contributed by atoms with E-state index < -0.39 is 16.0 Å². The average molecular weight is 333 g/mol. The van der Waals surface area contributed by atoms with Gasteiger partial charge in [0.15, 0.2) is 9.90 Å². The van der Waals surface area contributed by atoms with Crippen LogP contribution >= 0.6 is 11.3 Å². The molecule has 2 rings (SSSR count). The SMILES string of the molecule is COC(=O)c1ncsc1S(=O)(=O)NCCC1CCCNC1. The van der Waals surface area contributed by atoms with Gasteiger partial charge in [-0.3, -0.25) is 0 Å². The molecule has 1 fully saturated rings. The molecule has 1 atom stereocenters. The molecule has 0 aromatic carbocycles. The lowest BCUT2D eigenvalue weighted by Crippen LogP contribution is -2.33. The third-order valence-electron chi connectivity index (χ3n) is 3.40. The maximum atomic E-state index is 12.2. The second-order valence-electron chi connectivity index (χ2n) is 4.88. The number of nitrogens with one attached hydrogen (secondary N) is 2. The van der Waals surface area contributed by atoms with Crippen molar-refractivity contribution in [1.29, 1.82) is 0 Å². The number of hydrogen-bond donors (Lipinski definition) is 2. The van der Waals surface area contributed by atoms with E-state index in [9.17, 15) is 13.2 Å². The summed E-state index contributed by atoms with van der Waals surface area (Å²) in [5.74, 6) is -0.254. The summed E-state index contributed by atoms with van der Waals surface area (Å²) in [6.07, 6.45) is 3.01. The van der Waals surface area contributed by atoms with Crippen LogP contribution in [0.25, 0.3) is 0 Å². The minimum atomic E-state index is -3.72. The zero-order chi connectivity index (χ0) is 15.3. The Bertz CT molecular complexity index is 579. The molecule has 7 nitrogen and oxygen atoms in total. The Labute approximate surface area is 128 Å². The molecule has 2 N–H and O–H groups in total. The first-order valence-electron chi connectivity index (χ1n) is 6.77. The molecule has 0 saturated carbocycles. The minimum Gasteiger partial charge on any atom is -0.464 e. The molecule has 1 aliphatic rings. The van der Waals surface area contributed by atoms with Crippen molar-refractivity contribution in [2.24, 2.45) is 5.92 Å². The summed E-state index contributed by atoms with van der Waals surface area (Å²) in [7, 11) is -2.52. The van der Waals surface area contributed by atoms with Gasteiger partial charge in [0.05, 0.1) is 12.6 Å². The first-order valence-corrected chi connectivity index (χ1v) is 9.13. The van der Waals surface area contributed by atoms with Gasteiger partial charge in [0.2, 0.25) is 0 Å². The molecule has 0 amide bonds. The van der Waals surface area contributed by atoms with Crippen molar-refractivity contribution >= 4 is 27.3 Å². The fraction of sp³-hybridized carbons (Fsp3) is 0.667. The van der Waals surface area contributed by atoms with Crippen LogP contribution < -0.4 is 10.0 Å². The third-order valence-corrected chi connectivity index (χ3v) is 6.23. The van der Waals surface area contributed by atoms with Crippen molar-refractivity contribution in [3.63, 3.8) is 0 Å². The van der Waals surface area contributed by atoms with Crippen molar-refractivity contribution in [3.05, 3.63) is 11.2 Å². The average Bonchev–Trinajstić information content (AvgIpc) is 2.98. The molecule has 9 heteroatoms. The summed E-state index contributed by atoms with van der Waals surface area (Å²) in [6, 6.07) is 0. The van der Waals surface area contributed by atoms with Gasteiger partial charge in [0, 0.05) is 6.54 Å². The molecular weight excluding hydrogens is 314 g/mol. The van der Waals surface area contributed by atoms with Crippen LogP contribution in [0.2, 0.25) is 0 Å². The van der Waals surface area contributed by atoms with Gasteiger partial charge in [-0.25, -0.2) is 22.9 Å². The Kier molecular flexibility index (Phi) is 5.68. The lowest BCUT2D eigenvalue weighted by Gasteiger charge is -2.22. The van der Waals surface area contributed by atoms with Crippen molar-refractivity contribution in [3.8, 4) is 0 Å². The zero-order valence-corrected chi connectivity index (χ0v) is 13.4. The zero-order valence-electron chi connectivity index (χ0n) is 11.8. The van der Waals surface area contributed by atoms with Crippen molar-refractivity contribution < 1.29 is 17.9 Å². The van der Waals surface area contributed by atoms with Crippen molar-refractivity contribution in [2.75, 3.05) is 26.7 Å². The Balaban J connectivity index is 1.95. The van der Waals surface area contributed by atoms with Crippen LogP contribution in [0.15, 0.2) is 9.72 Å². The number of aromatic nitrogens is 1. The van der Waals surface area contributed by atoms with Crippen molar-refractivity contribution in [1.82, 2.24) is 15.0 Å². The van der Waals surface area contributed by atoms with Crippen LogP contribution in [0.1, 0.15) is 29.8 Å². The quantitative estimate of drug-likeness (QED) is 0.740. The second kappa shape index (κ2) is 7.30. The van der Waals surface area contributed by atoms with E-state index in [4.69, 9.17) is 0 Å². The number of sulfonamides is 1. The highest BCUT2D eigenvalue weighted by Crippen LogP contribution is 2.21. The monoisotopic (exact) mass is 333 g/mol. The van der Waals surface area contributed by atoms with Gasteiger partial charge in [-0.05, 0) is 38.3 Å². The molecule has 0 aliphatic carbocycles. The fourth-order valence-corrected chi connectivity index (χ4v) is 4.51. The van der Waals surface area contributed by atoms with Crippen LogP contribution in [0, 0.1) is 5.92 Å². The molecule has 0 bridgehead atoms. The molecule has 1 aromatic rings. The van der Waals surface area contributed by atoms with E-state index >= 15 is 0 Å². The second-order valence-corrected chi connectivity index (χ2v) is 7.70. The van der Waals surface area contributed by atoms with Gasteiger partial charge < -0.3 is 10.1 Å². The number of esters is 1. The van der Waals surface area contributed by atoms with Crippen LogP contribution in [0.5, 0.6) is 0 Å². The molecule has 1 unspecified atom stereocenters. The van der Waals surface area contributed by atoms with E-state index in [0.717, 1.165) is 43.7 Å². The molecule has 118 valence electrons. The van der Waals surface area contributed by atoms with E-state index in [-0.39, 0.29) is 9.90 Å². The first kappa shape index (κ1) is 16.3. The van der Waals surface area contributed by atoms with E-state index in [1.807, 2.05) is 0 Å². The van der Waals surface area contributed by atoms with E-state index in [0.29, 0.717) is 12.5 Å². The van der Waals surface area contributed by atoms with Crippen LogP contribution in [-0.4, -0.2) is 46.1 Å². The number of rotatable bonds is 6. The number of ether oxygens (including phenoxy) is 1. The van der Waals surface area contributed by atoms with Gasteiger partial charge in [-0.15, -0.1) is 11.3 Å². The molecule has 1 saturated heterocycles. The summed E-state index contributed by atoms with van der Waals surface area (Å²) in [6.45, 7) is 2.31. The minimum absolute atomic E-state index is 0.0869. The van der Waals surface area contributed by atoms with Gasteiger partial charge >= 0.3 is 5.97 Å². The highest BCUT2D eigenvalue weighted by atomic mass is 32.2. The van der Waals surface area contributed by atoms with Crippen LogP contribution in [0.3, 0.4) is 0 Å². The molecule has 21 heavy (non-hydrogen) atoms. The highest BCUT2D eigenvalue weighted by molar-refractivity contribution is 7.91. The summed E-state index contributed by atoms with van der Waals surface area (Å²) >= 11 is 0.911. The number of nitrogens with zero attached hydrogens (tertiary/aromatic N) is 1. The Morgan fingerprint density at radius 2 is 2.43 bits per heavy atom. The molecule has 2 heterocycles. The van der Waals surface area contributed by atoms with E-state index in [1.165, 1.54) is 12.6 Å². The summed E-state index contributed by atoms with van der Waals surface area (Å²) in [5, 5.41) is 3.30. The summed E-state index contributed by atoms with van der Waals surface area (Å²) in [4.78, 5) is 15.3. The summed E-state index contributed by atoms with van der Waals surface area (Å²) < 4.78 is 31.4. The Morgan fingerprint density at radius 3 is 3.10 bits per heavy atom. The maximum Gasteiger partial charge on any atom is 0.358 e. The summed E-state index contributed by atoms with van der Waals surface area (Å²) in [5.41, 5.74) is 1.17. The first-order chi connectivity index (χ1) is 10.0. The molecular formula is C12H19N3O4S2. The fourth-order valence-electron chi connectivity index (χ4n) is 2.29. The molecule has 0 radical (unpaired) electrons. The number of carbonyl (C=O) groups excluding carboxylic acids is 1. The smallest absolute Gasteiger partial charge is 0.358 e. The lowest BCUT2D eigenvalue weighted by molar-refractivity contribution is 0.0590. The standard InChI is InChI=1S/C12H19N3O4S2/c1-19-11(16)10-12(20-8-14-10)21(17,18)15-6-4-9-3-2-5-13-7-9/h8-9,13,15H,2-7H2,1H3. The van der Waals surface area contributed by atoms with Crippen molar-refractivity contribution in [2.45, 2.75) is 23.5 Å². The number of hydrogen-bond acceptors (Lipinski definition) is 7. The van der Waals surface area contributed by atoms with Gasteiger partial charge in [-0.1, -0.05) is 0 Å². The van der Waals surface area contributed by atoms with Crippen LogP contribution in [0.4, 0.5) is 0 Å². The van der Waals surface area contributed by atoms with Gasteiger partial charge in [0.25, 0.3) is 10.0 Å². The number of thiazole rings is 1. The van der Waals surface area contributed by atoms with Gasteiger partial charge in [-0.2, -0.15) is 0 Å². The lowest BCUT2D eigenvalue weighted by atomic mass is 9.96. The Morgan fingerprint density at radius 1 is 1.62 bits per heavy atom. The van der Waals surface area contributed by atoms with Crippen LogP contribution in [-0.2, 0) is 14.8 Å².